The average molecular weight is 298 g/mol. The minimum absolute atomic E-state index is 0.0114. The highest BCUT2D eigenvalue weighted by atomic mass is 16.2. The van der Waals surface area contributed by atoms with Crippen molar-refractivity contribution in [2.45, 2.75) is 51.9 Å². The van der Waals surface area contributed by atoms with Crippen LogP contribution in [0.15, 0.2) is 24.3 Å². The van der Waals surface area contributed by atoms with Gasteiger partial charge in [-0.15, -0.1) is 0 Å². The Balaban J connectivity index is 2.01. The molecule has 0 bridgehead atoms. The van der Waals surface area contributed by atoms with Crippen LogP contribution >= 0.6 is 0 Å². The molecule has 2 rings (SSSR count). The van der Waals surface area contributed by atoms with Crippen LogP contribution in [-0.2, 0) is 11.2 Å². The number of carbonyl (C=O) groups is 1. The number of benzene rings is 1. The number of amides is 1. The van der Waals surface area contributed by atoms with Gasteiger partial charge in [0.05, 0.1) is 6.07 Å². The fourth-order valence-corrected chi connectivity index (χ4v) is 2.97. The van der Waals surface area contributed by atoms with E-state index in [0.29, 0.717) is 12.3 Å². The summed E-state index contributed by atoms with van der Waals surface area (Å²) < 4.78 is 0. The van der Waals surface area contributed by atoms with Crippen LogP contribution < -0.4 is 0 Å². The number of rotatable bonds is 4. The highest BCUT2D eigenvalue weighted by Crippen LogP contribution is 2.19. The van der Waals surface area contributed by atoms with E-state index in [1.165, 1.54) is 18.4 Å². The maximum Gasteiger partial charge on any atom is 0.240 e. The molecule has 3 heteroatoms. The Kier molecular flexibility index (Phi) is 6.00. The Bertz CT molecular complexity index is 519. The van der Waals surface area contributed by atoms with Crippen LogP contribution in [0.2, 0.25) is 0 Å². The van der Waals surface area contributed by atoms with Crippen molar-refractivity contribution in [3.05, 3.63) is 35.4 Å². The van der Waals surface area contributed by atoms with Crippen molar-refractivity contribution in [2.75, 3.05) is 13.1 Å². The molecule has 1 amide bonds. The number of carbonyl (C=O) groups excluding carboxylic acids is 1. The van der Waals surface area contributed by atoms with E-state index >= 15 is 0 Å². The number of nitrogens with zero attached hydrogens (tertiary/aromatic N) is 2. The second-order valence-corrected chi connectivity index (χ2v) is 6.52. The third-order valence-electron chi connectivity index (χ3n) is 4.46. The minimum atomic E-state index is -0.553. The molecule has 1 unspecified atom stereocenters. The van der Waals surface area contributed by atoms with Gasteiger partial charge in [-0.2, -0.15) is 5.26 Å². The van der Waals surface area contributed by atoms with E-state index in [4.69, 9.17) is 0 Å². The van der Waals surface area contributed by atoms with Crippen molar-refractivity contribution >= 4 is 5.91 Å². The van der Waals surface area contributed by atoms with E-state index in [1.54, 1.807) is 0 Å². The van der Waals surface area contributed by atoms with E-state index < -0.39 is 5.92 Å². The second kappa shape index (κ2) is 7.98. The largest absolute Gasteiger partial charge is 0.342 e. The van der Waals surface area contributed by atoms with Gasteiger partial charge in [0.1, 0.15) is 5.92 Å². The first-order valence-corrected chi connectivity index (χ1v) is 8.39. The molecule has 118 valence electrons. The van der Waals surface area contributed by atoms with Crippen LogP contribution in [0.1, 0.15) is 56.6 Å². The smallest absolute Gasteiger partial charge is 0.240 e. The predicted molar refractivity (Wildman–Crippen MR) is 88.4 cm³/mol. The summed E-state index contributed by atoms with van der Waals surface area (Å²) in [5, 5.41) is 9.40. The molecule has 1 saturated heterocycles. The van der Waals surface area contributed by atoms with Crippen LogP contribution in [0.3, 0.4) is 0 Å². The molecule has 1 aliphatic rings. The SMILES string of the molecule is CC(C)c1ccc(CC(C#N)C(=O)N2CCCCCC2)cc1. The summed E-state index contributed by atoms with van der Waals surface area (Å²) in [4.78, 5) is 14.5. The first-order chi connectivity index (χ1) is 10.6. The molecular formula is C19H26N2O. The zero-order chi connectivity index (χ0) is 15.9. The van der Waals surface area contributed by atoms with Crippen molar-refractivity contribution in [1.82, 2.24) is 4.90 Å². The molecule has 1 atom stereocenters. The van der Waals surface area contributed by atoms with E-state index in [2.05, 4.69) is 44.2 Å². The van der Waals surface area contributed by atoms with Gasteiger partial charge in [-0.05, 0) is 36.3 Å². The molecule has 1 aromatic rings. The fraction of sp³-hybridized carbons (Fsp3) is 0.579. The van der Waals surface area contributed by atoms with Gasteiger partial charge in [-0.3, -0.25) is 4.79 Å². The van der Waals surface area contributed by atoms with E-state index in [9.17, 15) is 10.1 Å². The minimum Gasteiger partial charge on any atom is -0.342 e. The summed E-state index contributed by atoms with van der Waals surface area (Å²) in [7, 11) is 0. The monoisotopic (exact) mass is 298 g/mol. The average Bonchev–Trinajstić information content (AvgIpc) is 2.81. The summed E-state index contributed by atoms with van der Waals surface area (Å²) in [6.07, 6.45) is 5.03. The first-order valence-electron chi connectivity index (χ1n) is 8.39. The third kappa shape index (κ3) is 4.34. The Morgan fingerprint density at radius 3 is 2.23 bits per heavy atom. The van der Waals surface area contributed by atoms with E-state index in [-0.39, 0.29) is 5.91 Å². The lowest BCUT2D eigenvalue weighted by Crippen LogP contribution is -2.37. The molecule has 1 aromatic carbocycles. The van der Waals surface area contributed by atoms with Gasteiger partial charge in [-0.1, -0.05) is 51.0 Å². The van der Waals surface area contributed by atoms with Gasteiger partial charge in [0.15, 0.2) is 0 Å². The van der Waals surface area contributed by atoms with Gasteiger partial charge < -0.3 is 4.90 Å². The van der Waals surface area contributed by atoms with Crippen LogP contribution in [0.5, 0.6) is 0 Å². The second-order valence-electron chi connectivity index (χ2n) is 6.52. The molecule has 1 aliphatic heterocycles. The predicted octanol–water partition coefficient (Wildman–Crippen LogP) is 3.89. The molecule has 0 saturated carbocycles. The van der Waals surface area contributed by atoms with Crippen molar-refractivity contribution in [2.24, 2.45) is 5.92 Å². The van der Waals surface area contributed by atoms with Crippen LogP contribution in [0.4, 0.5) is 0 Å². The summed E-state index contributed by atoms with van der Waals surface area (Å²) >= 11 is 0. The maximum absolute atomic E-state index is 12.6. The van der Waals surface area contributed by atoms with Gasteiger partial charge in [0.25, 0.3) is 0 Å². The Hall–Kier alpha value is -1.82. The lowest BCUT2D eigenvalue weighted by atomic mass is 9.96. The third-order valence-corrected chi connectivity index (χ3v) is 4.46. The normalized spacial score (nSPS) is 16.9. The topological polar surface area (TPSA) is 44.1 Å². The van der Waals surface area contributed by atoms with Crippen molar-refractivity contribution in [3.63, 3.8) is 0 Å². The number of hydrogen-bond acceptors (Lipinski definition) is 2. The van der Waals surface area contributed by atoms with Crippen LogP contribution in [0.25, 0.3) is 0 Å². The van der Waals surface area contributed by atoms with Gasteiger partial charge in [0.2, 0.25) is 5.91 Å². The van der Waals surface area contributed by atoms with Gasteiger partial charge >= 0.3 is 0 Å². The summed E-state index contributed by atoms with van der Waals surface area (Å²) in [6, 6.07) is 10.5. The Labute approximate surface area is 133 Å². The molecule has 1 fully saturated rings. The molecule has 0 spiro atoms. The summed E-state index contributed by atoms with van der Waals surface area (Å²) in [5.74, 6) is -0.0418. The molecule has 0 radical (unpaired) electrons. The quantitative estimate of drug-likeness (QED) is 0.846. The van der Waals surface area contributed by atoms with E-state index in [0.717, 1.165) is 31.5 Å². The van der Waals surface area contributed by atoms with Crippen molar-refractivity contribution in [3.8, 4) is 6.07 Å². The molecule has 0 aliphatic carbocycles. The first kappa shape index (κ1) is 16.5. The highest BCUT2D eigenvalue weighted by Gasteiger charge is 2.25. The molecule has 1 heterocycles. The van der Waals surface area contributed by atoms with Crippen molar-refractivity contribution < 1.29 is 4.79 Å². The fourth-order valence-electron chi connectivity index (χ4n) is 2.97. The van der Waals surface area contributed by atoms with Gasteiger partial charge in [0, 0.05) is 13.1 Å². The van der Waals surface area contributed by atoms with Crippen LogP contribution in [0, 0.1) is 17.2 Å². The number of hydrogen-bond donors (Lipinski definition) is 0. The standard InChI is InChI=1S/C19H26N2O/c1-15(2)17-9-7-16(8-10-17)13-18(14-20)19(22)21-11-5-3-4-6-12-21/h7-10,15,18H,3-6,11-13H2,1-2H3. The van der Waals surface area contributed by atoms with Crippen molar-refractivity contribution in [1.29, 1.82) is 5.26 Å². The zero-order valence-corrected chi connectivity index (χ0v) is 13.7. The molecule has 0 N–H and O–H groups in total. The van der Waals surface area contributed by atoms with Gasteiger partial charge in [-0.25, -0.2) is 0 Å². The summed E-state index contributed by atoms with van der Waals surface area (Å²) in [5.41, 5.74) is 2.36. The lowest BCUT2D eigenvalue weighted by Gasteiger charge is -2.23. The number of likely N-dealkylation sites (tertiary alicyclic amines) is 1. The van der Waals surface area contributed by atoms with E-state index in [1.807, 2.05) is 4.90 Å². The maximum atomic E-state index is 12.6. The highest BCUT2D eigenvalue weighted by molar-refractivity contribution is 5.81. The summed E-state index contributed by atoms with van der Waals surface area (Å²) in [6.45, 7) is 5.94. The molecule has 3 nitrogen and oxygen atoms in total. The molecular weight excluding hydrogens is 272 g/mol. The molecule has 22 heavy (non-hydrogen) atoms. The molecule has 0 aromatic heterocycles. The Morgan fingerprint density at radius 2 is 1.73 bits per heavy atom. The van der Waals surface area contributed by atoms with Crippen LogP contribution in [-0.4, -0.2) is 23.9 Å². The Morgan fingerprint density at radius 1 is 1.14 bits per heavy atom. The zero-order valence-electron chi connectivity index (χ0n) is 13.7. The lowest BCUT2D eigenvalue weighted by molar-refractivity contribution is -0.133. The number of nitriles is 1.